The van der Waals surface area contributed by atoms with Crippen LogP contribution in [0.5, 0.6) is 0 Å². The Kier molecular flexibility index (Phi) is 4.57. The Morgan fingerprint density at radius 2 is 1.94 bits per heavy atom. The molecule has 1 aromatic rings. The maximum Gasteiger partial charge on any atom is 0.250 e. The summed E-state index contributed by atoms with van der Waals surface area (Å²) in [6.45, 7) is 1.73. The molecule has 0 aliphatic carbocycles. The molecule has 0 radical (unpaired) electrons. The molecule has 94 valence electrons. The van der Waals surface area contributed by atoms with E-state index < -0.39 is 17.5 Å². The van der Waals surface area contributed by atoms with E-state index in [1.54, 1.807) is 6.92 Å². The normalized spacial score (nSPS) is 10.4. The Labute approximate surface area is 98.9 Å². The first-order valence-corrected chi connectivity index (χ1v) is 5.27. The number of carbonyl (C=O) groups excluding carboxylic acids is 1. The van der Waals surface area contributed by atoms with Gasteiger partial charge in [-0.3, -0.25) is 9.63 Å². The summed E-state index contributed by atoms with van der Waals surface area (Å²) in [5, 5.41) is 0.982. The van der Waals surface area contributed by atoms with Crippen molar-refractivity contribution >= 4 is 5.91 Å². The van der Waals surface area contributed by atoms with Crippen molar-refractivity contribution in [2.24, 2.45) is 0 Å². The van der Waals surface area contributed by atoms with Gasteiger partial charge in [0.25, 0.3) is 0 Å². The molecule has 0 bridgehead atoms. The molecule has 0 saturated heterocycles. The lowest BCUT2D eigenvalue weighted by atomic mass is 10.0. The zero-order valence-corrected chi connectivity index (χ0v) is 10.1. The Hall–Kier alpha value is -1.49. The number of halogens is 2. The van der Waals surface area contributed by atoms with Crippen molar-refractivity contribution in [3.05, 3.63) is 34.9 Å². The lowest BCUT2D eigenvalue weighted by Gasteiger charge is -2.14. The number of amides is 1. The van der Waals surface area contributed by atoms with E-state index in [-0.39, 0.29) is 17.5 Å². The van der Waals surface area contributed by atoms with Crippen molar-refractivity contribution < 1.29 is 18.4 Å². The van der Waals surface area contributed by atoms with Crippen LogP contribution in [-0.4, -0.2) is 25.1 Å². The largest absolute Gasteiger partial charge is 0.275 e. The van der Waals surface area contributed by atoms with Gasteiger partial charge in [0.2, 0.25) is 5.91 Å². The van der Waals surface area contributed by atoms with Crippen LogP contribution >= 0.6 is 0 Å². The van der Waals surface area contributed by atoms with E-state index in [2.05, 4.69) is 4.84 Å². The second kappa shape index (κ2) is 5.72. The van der Waals surface area contributed by atoms with E-state index >= 15 is 0 Å². The number of nitrogens with zero attached hydrogens (tertiary/aromatic N) is 1. The average Bonchev–Trinajstić information content (AvgIpc) is 2.31. The molecule has 3 nitrogen and oxygen atoms in total. The number of carbonyl (C=O) groups is 1. The van der Waals surface area contributed by atoms with Crippen LogP contribution in [0.1, 0.15) is 18.1 Å². The van der Waals surface area contributed by atoms with Crippen LogP contribution in [0, 0.1) is 11.6 Å². The van der Waals surface area contributed by atoms with Gasteiger partial charge in [0.05, 0.1) is 13.5 Å². The van der Waals surface area contributed by atoms with Gasteiger partial charge in [-0.05, 0) is 24.1 Å². The molecule has 0 aliphatic heterocycles. The van der Waals surface area contributed by atoms with E-state index in [0.29, 0.717) is 6.42 Å². The Morgan fingerprint density at radius 1 is 1.35 bits per heavy atom. The summed E-state index contributed by atoms with van der Waals surface area (Å²) in [4.78, 5) is 16.2. The minimum absolute atomic E-state index is 0.0516. The van der Waals surface area contributed by atoms with Crippen LogP contribution in [0.3, 0.4) is 0 Å². The van der Waals surface area contributed by atoms with Crippen LogP contribution in [0.2, 0.25) is 0 Å². The monoisotopic (exact) mass is 243 g/mol. The van der Waals surface area contributed by atoms with Crippen LogP contribution in [0.15, 0.2) is 12.1 Å². The summed E-state index contributed by atoms with van der Waals surface area (Å²) in [5.41, 5.74) is 0.323. The molecule has 0 aliphatic rings. The molecular weight excluding hydrogens is 228 g/mol. The highest BCUT2D eigenvalue weighted by Crippen LogP contribution is 2.17. The van der Waals surface area contributed by atoms with Crippen LogP contribution in [-0.2, 0) is 22.5 Å². The first-order chi connectivity index (χ1) is 7.99. The van der Waals surface area contributed by atoms with E-state index in [0.717, 1.165) is 17.2 Å². The summed E-state index contributed by atoms with van der Waals surface area (Å²) < 4.78 is 27.0. The second-order valence-corrected chi connectivity index (χ2v) is 3.64. The fourth-order valence-corrected chi connectivity index (χ4v) is 1.47. The Morgan fingerprint density at radius 3 is 2.47 bits per heavy atom. The third kappa shape index (κ3) is 3.23. The maximum atomic E-state index is 13.8. The molecule has 1 rings (SSSR count). The van der Waals surface area contributed by atoms with Crippen molar-refractivity contribution in [1.82, 2.24) is 5.06 Å². The van der Waals surface area contributed by atoms with Gasteiger partial charge in [0, 0.05) is 12.6 Å². The number of hydroxylamine groups is 2. The van der Waals surface area contributed by atoms with E-state index in [9.17, 15) is 13.6 Å². The smallest absolute Gasteiger partial charge is 0.250 e. The number of hydrogen-bond acceptors (Lipinski definition) is 2. The van der Waals surface area contributed by atoms with Crippen molar-refractivity contribution in [2.75, 3.05) is 14.2 Å². The summed E-state index contributed by atoms with van der Waals surface area (Å²) >= 11 is 0. The van der Waals surface area contributed by atoms with Crippen molar-refractivity contribution in [1.29, 1.82) is 0 Å². The van der Waals surface area contributed by atoms with Crippen LogP contribution in [0.4, 0.5) is 8.78 Å². The van der Waals surface area contributed by atoms with Crippen LogP contribution in [0.25, 0.3) is 0 Å². The van der Waals surface area contributed by atoms with E-state index in [4.69, 9.17) is 0 Å². The van der Waals surface area contributed by atoms with Crippen molar-refractivity contribution in [3.63, 3.8) is 0 Å². The highest BCUT2D eigenvalue weighted by atomic mass is 19.1. The summed E-state index contributed by atoms with van der Waals surface area (Å²) in [6.07, 6.45) is 0.159. The zero-order valence-electron chi connectivity index (χ0n) is 10.1. The standard InChI is InChI=1S/C12H15F2NO2/c1-4-8-5-10(13)6-9(12(8)14)7-11(16)15(2)17-3/h5-6H,4,7H2,1-3H3. The topological polar surface area (TPSA) is 29.5 Å². The Bertz CT molecular complexity index is 421. The maximum absolute atomic E-state index is 13.8. The molecule has 0 saturated carbocycles. The van der Waals surface area contributed by atoms with Gasteiger partial charge in [-0.2, -0.15) is 0 Å². The molecule has 0 atom stereocenters. The molecule has 0 unspecified atom stereocenters. The zero-order chi connectivity index (χ0) is 13.0. The van der Waals surface area contributed by atoms with Crippen molar-refractivity contribution in [2.45, 2.75) is 19.8 Å². The summed E-state index contributed by atoms with van der Waals surface area (Å²) in [6, 6.07) is 2.18. The molecule has 0 spiro atoms. The quantitative estimate of drug-likeness (QED) is 0.758. The molecule has 1 amide bonds. The summed E-state index contributed by atoms with van der Waals surface area (Å²) in [7, 11) is 2.75. The minimum atomic E-state index is -0.536. The van der Waals surface area contributed by atoms with Gasteiger partial charge in [-0.15, -0.1) is 0 Å². The predicted molar refractivity (Wildman–Crippen MR) is 59.2 cm³/mol. The van der Waals surface area contributed by atoms with Crippen LogP contribution < -0.4 is 0 Å². The predicted octanol–water partition coefficient (Wildman–Crippen LogP) is 2.09. The van der Waals surface area contributed by atoms with Gasteiger partial charge in [-0.1, -0.05) is 6.92 Å². The first-order valence-electron chi connectivity index (χ1n) is 5.27. The lowest BCUT2D eigenvalue weighted by molar-refractivity contribution is -0.167. The SMILES string of the molecule is CCc1cc(F)cc(CC(=O)N(C)OC)c1F. The van der Waals surface area contributed by atoms with Crippen molar-refractivity contribution in [3.8, 4) is 0 Å². The molecule has 0 N–H and O–H groups in total. The highest BCUT2D eigenvalue weighted by molar-refractivity contribution is 5.77. The number of rotatable bonds is 4. The minimum Gasteiger partial charge on any atom is -0.275 e. The lowest BCUT2D eigenvalue weighted by Crippen LogP contribution is -2.27. The van der Waals surface area contributed by atoms with Gasteiger partial charge in [-0.25, -0.2) is 13.8 Å². The molecule has 0 fully saturated rings. The van der Waals surface area contributed by atoms with Gasteiger partial charge in [0.1, 0.15) is 11.6 Å². The highest BCUT2D eigenvalue weighted by Gasteiger charge is 2.15. The van der Waals surface area contributed by atoms with Gasteiger partial charge in [0.15, 0.2) is 0 Å². The molecular formula is C12H15F2NO2. The third-order valence-electron chi connectivity index (χ3n) is 2.54. The first kappa shape index (κ1) is 13.6. The number of likely N-dealkylation sites (N-methyl/N-ethyl adjacent to an activating group) is 1. The Balaban J connectivity index is 2.98. The molecule has 1 aromatic carbocycles. The van der Waals surface area contributed by atoms with Gasteiger partial charge >= 0.3 is 0 Å². The molecule has 5 heteroatoms. The van der Waals surface area contributed by atoms with E-state index in [1.165, 1.54) is 14.2 Å². The number of hydrogen-bond donors (Lipinski definition) is 0. The van der Waals surface area contributed by atoms with E-state index in [1.807, 2.05) is 0 Å². The molecule has 0 heterocycles. The second-order valence-electron chi connectivity index (χ2n) is 3.64. The van der Waals surface area contributed by atoms with Gasteiger partial charge < -0.3 is 0 Å². The molecule has 17 heavy (non-hydrogen) atoms. The fourth-order valence-electron chi connectivity index (χ4n) is 1.47. The number of aryl methyl sites for hydroxylation is 1. The average molecular weight is 243 g/mol. The summed E-state index contributed by atoms with van der Waals surface area (Å²) in [5.74, 6) is -1.49. The molecule has 0 aromatic heterocycles. The third-order valence-corrected chi connectivity index (χ3v) is 2.54. The fraction of sp³-hybridized carbons (Fsp3) is 0.417. The number of benzene rings is 1.